The number of carbonyl (C=O) groups is 1. The molecule has 1 amide bonds. The van der Waals surface area contributed by atoms with Crippen molar-refractivity contribution in [1.82, 2.24) is 19.9 Å². The van der Waals surface area contributed by atoms with E-state index in [2.05, 4.69) is 15.0 Å². The standard InChI is InChI=1S/C16H18N4O2/c21-16(15-3-1-2-6-19-15)20-9-10-22-12-14(20)5-4-13-11-17-7-8-18-13/h1-3,6-8,11,14H,4-5,9-10,12H2/t14-/m0/s1. The van der Waals surface area contributed by atoms with Gasteiger partial charge >= 0.3 is 0 Å². The van der Waals surface area contributed by atoms with Crippen LogP contribution in [0.2, 0.25) is 0 Å². The van der Waals surface area contributed by atoms with Crippen molar-refractivity contribution in [3.63, 3.8) is 0 Å². The van der Waals surface area contributed by atoms with Gasteiger partial charge in [0.1, 0.15) is 5.69 Å². The number of aromatic nitrogens is 3. The molecule has 0 aromatic carbocycles. The van der Waals surface area contributed by atoms with Gasteiger partial charge in [0.15, 0.2) is 0 Å². The van der Waals surface area contributed by atoms with Crippen molar-refractivity contribution in [3.8, 4) is 0 Å². The molecule has 0 N–H and O–H groups in total. The first-order valence-electron chi connectivity index (χ1n) is 7.39. The molecule has 114 valence electrons. The lowest BCUT2D eigenvalue weighted by Gasteiger charge is -2.35. The molecule has 2 aromatic rings. The van der Waals surface area contributed by atoms with Gasteiger partial charge in [-0.25, -0.2) is 0 Å². The van der Waals surface area contributed by atoms with E-state index in [-0.39, 0.29) is 11.9 Å². The first kappa shape index (κ1) is 14.6. The number of hydrogen-bond donors (Lipinski definition) is 0. The Morgan fingerprint density at radius 3 is 3.00 bits per heavy atom. The summed E-state index contributed by atoms with van der Waals surface area (Å²) >= 11 is 0. The normalized spacial score (nSPS) is 18.2. The van der Waals surface area contributed by atoms with E-state index < -0.39 is 0 Å². The first-order valence-corrected chi connectivity index (χ1v) is 7.39. The minimum atomic E-state index is -0.0342. The largest absolute Gasteiger partial charge is 0.377 e. The van der Waals surface area contributed by atoms with E-state index in [0.29, 0.717) is 25.5 Å². The molecule has 0 bridgehead atoms. The van der Waals surface area contributed by atoms with E-state index in [1.165, 1.54) is 0 Å². The van der Waals surface area contributed by atoms with Crippen molar-refractivity contribution in [1.29, 1.82) is 0 Å². The Morgan fingerprint density at radius 1 is 1.27 bits per heavy atom. The molecule has 1 saturated heterocycles. The van der Waals surface area contributed by atoms with Gasteiger partial charge in [0.25, 0.3) is 5.91 Å². The summed E-state index contributed by atoms with van der Waals surface area (Å²) in [6, 6.07) is 5.43. The Bertz CT molecular complexity index is 606. The smallest absolute Gasteiger partial charge is 0.272 e. The molecule has 1 fully saturated rings. The minimum absolute atomic E-state index is 0.0342. The molecule has 3 rings (SSSR count). The molecule has 22 heavy (non-hydrogen) atoms. The molecule has 6 heteroatoms. The van der Waals surface area contributed by atoms with Gasteiger partial charge in [-0.05, 0) is 25.0 Å². The van der Waals surface area contributed by atoms with Gasteiger partial charge in [-0.3, -0.25) is 19.7 Å². The van der Waals surface area contributed by atoms with Crippen LogP contribution in [0.25, 0.3) is 0 Å². The fourth-order valence-corrected chi connectivity index (χ4v) is 2.57. The first-order chi connectivity index (χ1) is 10.8. The van der Waals surface area contributed by atoms with Gasteiger partial charge in [-0.15, -0.1) is 0 Å². The molecule has 6 nitrogen and oxygen atoms in total. The summed E-state index contributed by atoms with van der Waals surface area (Å²) in [5.41, 5.74) is 1.41. The summed E-state index contributed by atoms with van der Waals surface area (Å²) in [4.78, 5) is 27.0. The zero-order valence-electron chi connectivity index (χ0n) is 12.3. The molecule has 1 aliphatic rings. The Morgan fingerprint density at radius 2 is 2.23 bits per heavy atom. The topological polar surface area (TPSA) is 68.2 Å². The number of pyridine rings is 1. The number of amides is 1. The number of nitrogens with zero attached hydrogens (tertiary/aromatic N) is 4. The molecule has 0 aliphatic carbocycles. The van der Waals surface area contributed by atoms with Gasteiger partial charge in [-0.2, -0.15) is 0 Å². The minimum Gasteiger partial charge on any atom is -0.377 e. The van der Waals surface area contributed by atoms with Crippen LogP contribution >= 0.6 is 0 Å². The second kappa shape index (κ2) is 7.09. The highest BCUT2D eigenvalue weighted by atomic mass is 16.5. The molecule has 0 radical (unpaired) electrons. The van der Waals surface area contributed by atoms with Crippen molar-refractivity contribution in [2.24, 2.45) is 0 Å². The highest BCUT2D eigenvalue weighted by Gasteiger charge is 2.28. The highest BCUT2D eigenvalue weighted by Crippen LogP contribution is 2.15. The van der Waals surface area contributed by atoms with Crippen LogP contribution < -0.4 is 0 Å². The second-order valence-corrected chi connectivity index (χ2v) is 5.18. The highest BCUT2D eigenvalue weighted by molar-refractivity contribution is 5.92. The third-order valence-electron chi connectivity index (χ3n) is 3.72. The molecule has 0 unspecified atom stereocenters. The summed E-state index contributed by atoms with van der Waals surface area (Å²) in [5, 5.41) is 0. The van der Waals surface area contributed by atoms with E-state index in [1.807, 2.05) is 17.0 Å². The lowest BCUT2D eigenvalue weighted by Crippen LogP contribution is -2.49. The van der Waals surface area contributed by atoms with E-state index >= 15 is 0 Å². The van der Waals surface area contributed by atoms with Gasteiger partial charge in [0.05, 0.1) is 24.9 Å². The van der Waals surface area contributed by atoms with E-state index in [9.17, 15) is 4.79 Å². The molecule has 3 heterocycles. The fourth-order valence-electron chi connectivity index (χ4n) is 2.57. The number of morpholine rings is 1. The predicted molar refractivity (Wildman–Crippen MR) is 80.2 cm³/mol. The monoisotopic (exact) mass is 298 g/mol. The van der Waals surface area contributed by atoms with E-state index in [1.54, 1.807) is 30.9 Å². The third kappa shape index (κ3) is 3.46. The van der Waals surface area contributed by atoms with Crippen molar-refractivity contribution >= 4 is 5.91 Å². The summed E-state index contributed by atoms with van der Waals surface area (Å²) < 4.78 is 5.54. The van der Waals surface area contributed by atoms with Gasteiger partial charge in [0, 0.05) is 31.3 Å². The van der Waals surface area contributed by atoms with Crippen LogP contribution in [0.3, 0.4) is 0 Å². The average Bonchev–Trinajstić information content (AvgIpc) is 2.61. The lowest BCUT2D eigenvalue weighted by molar-refractivity contribution is -0.00443. The van der Waals surface area contributed by atoms with Gasteiger partial charge in [-0.1, -0.05) is 6.07 Å². The quantitative estimate of drug-likeness (QED) is 0.852. The maximum absolute atomic E-state index is 12.6. The van der Waals surface area contributed by atoms with Crippen molar-refractivity contribution in [2.75, 3.05) is 19.8 Å². The Labute approximate surface area is 129 Å². The molecule has 0 saturated carbocycles. The second-order valence-electron chi connectivity index (χ2n) is 5.18. The van der Waals surface area contributed by atoms with Crippen molar-refractivity contribution in [2.45, 2.75) is 18.9 Å². The van der Waals surface area contributed by atoms with E-state index in [0.717, 1.165) is 18.5 Å². The Hall–Kier alpha value is -2.34. The molecule has 2 aromatic heterocycles. The SMILES string of the molecule is O=C(c1ccccn1)N1CCOC[C@@H]1CCc1cnccn1. The third-order valence-corrected chi connectivity index (χ3v) is 3.72. The van der Waals surface area contributed by atoms with Crippen LogP contribution in [-0.2, 0) is 11.2 Å². The number of rotatable bonds is 4. The molecular formula is C16H18N4O2. The Kier molecular flexibility index (Phi) is 4.70. The van der Waals surface area contributed by atoms with Crippen LogP contribution in [-0.4, -0.2) is 51.6 Å². The van der Waals surface area contributed by atoms with E-state index in [4.69, 9.17) is 4.74 Å². The zero-order chi connectivity index (χ0) is 15.2. The summed E-state index contributed by atoms with van der Waals surface area (Å²) in [6.45, 7) is 1.72. The van der Waals surface area contributed by atoms with Crippen LogP contribution in [0.1, 0.15) is 22.6 Å². The van der Waals surface area contributed by atoms with Crippen molar-refractivity contribution in [3.05, 3.63) is 54.4 Å². The lowest BCUT2D eigenvalue weighted by atomic mass is 10.1. The van der Waals surface area contributed by atoms with Crippen LogP contribution in [0.4, 0.5) is 0 Å². The molecule has 0 spiro atoms. The molecular weight excluding hydrogens is 280 g/mol. The van der Waals surface area contributed by atoms with Crippen LogP contribution in [0, 0.1) is 0 Å². The molecule has 1 atom stereocenters. The van der Waals surface area contributed by atoms with Crippen molar-refractivity contribution < 1.29 is 9.53 Å². The number of ether oxygens (including phenoxy) is 1. The number of carbonyl (C=O) groups excluding carboxylic acids is 1. The number of aryl methyl sites for hydroxylation is 1. The summed E-state index contributed by atoms with van der Waals surface area (Å²) in [5.74, 6) is -0.0342. The maximum atomic E-state index is 12.6. The summed E-state index contributed by atoms with van der Waals surface area (Å²) in [7, 11) is 0. The zero-order valence-corrected chi connectivity index (χ0v) is 12.3. The van der Waals surface area contributed by atoms with Crippen LogP contribution in [0.15, 0.2) is 43.0 Å². The van der Waals surface area contributed by atoms with Gasteiger partial charge in [0.2, 0.25) is 0 Å². The summed E-state index contributed by atoms with van der Waals surface area (Å²) in [6.07, 6.45) is 8.32. The predicted octanol–water partition coefficient (Wildman–Crippen LogP) is 1.35. The molecule has 1 aliphatic heterocycles. The van der Waals surface area contributed by atoms with Crippen LogP contribution in [0.5, 0.6) is 0 Å². The fraction of sp³-hybridized carbons (Fsp3) is 0.375. The number of hydrogen-bond acceptors (Lipinski definition) is 5. The average molecular weight is 298 g/mol. The maximum Gasteiger partial charge on any atom is 0.272 e. The Balaban J connectivity index is 1.67. The van der Waals surface area contributed by atoms with Gasteiger partial charge < -0.3 is 9.64 Å².